The van der Waals surface area contributed by atoms with Gasteiger partial charge in [-0.15, -0.1) is 0 Å². The molecular weight excluding hydrogens is 204 g/mol. The van der Waals surface area contributed by atoms with Gasteiger partial charge in [-0.25, -0.2) is 0 Å². The molecule has 2 rings (SSSR count). The van der Waals surface area contributed by atoms with Crippen LogP contribution in [0.5, 0.6) is 0 Å². The van der Waals surface area contributed by atoms with Gasteiger partial charge < -0.3 is 4.52 Å². The van der Waals surface area contributed by atoms with E-state index < -0.39 is 0 Å². The summed E-state index contributed by atoms with van der Waals surface area (Å²) in [4.78, 5) is 16.0. The molecule has 0 spiro atoms. The fraction of sp³-hybridized carbons (Fsp3) is 0.750. The maximum Gasteiger partial charge on any atom is 0.234 e. The fourth-order valence-corrected chi connectivity index (χ4v) is 1.43. The average molecular weight is 222 g/mol. The maximum absolute atomic E-state index is 11.8. The van der Waals surface area contributed by atoms with Gasteiger partial charge in [0.15, 0.2) is 5.82 Å². The summed E-state index contributed by atoms with van der Waals surface area (Å²) in [6.07, 6.45) is 3.68. The highest BCUT2D eigenvalue weighted by Crippen LogP contribution is 2.31. The molecule has 0 aromatic carbocycles. The van der Waals surface area contributed by atoms with E-state index in [0.29, 0.717) is 5.89 Å². The zero-order chi connectivity index (χ0) is 11.8. The lowest BCUT2D eigenvalue weighted by Crippen LogP contribution is -2.22. The van der Waals surface area contributed by atoms with Crippen molar-refractivity contribution in [3.63, 3.8) is 0 Å². The average Bonchev–Trinajstić information content (AvgIpc) is 2.85. The highest BCUT2D eigenvalue weighted by atomic mass is 16.5. The van der Waals surface area contributed by atoms with Gasteiger partial charge in [0.25, 0.3) is 0 Å². The van der Waals surface area contributed by atoms with Crippen molar-refractivity contribution < 1.29 is 9.32 Å². The quantitative estimate of drug-likeness (QED) is 0.783. The molecule has 0 amide bonds. The third-order valence-electron chi connectivity index (χ3n) is 2.83. The van der Waals surface area contributed by atoms with Crippen LogP contribution in [0.2, 0.25) is 0 Å². The fourth-order valence-electron chi connectivity index (χ4n) is 1.43. The van der Waals surface area contributed by atoms with Crippen LogP contribution in [0.15, 0.2) is 4.52 Å². The highest BCUT2D eigenvalue weighted by molar-refractivity contribution is 5.84. The number of carbonyl (C=O) groups excluding carboxylic acids is 1. The molecule has 0 saturated heterocycles. The van der Waals surface area contributed by atoms with Crippen molar-refractivity contribution in [2.45, 2.75) is 46.5 Å². The zero-order valence-electron chi connectivity index (χ0n) is 10.1. The number of ketones is 1. The predicted octanol–water partition coefficient (Wildman–Crippen LogP) is 2.18. The van der Waals surface area contributed by atoms with Gasteiger partial charge in [-0.05, 0) is 18.8 Å². The molecule has 1 aliphatic carbocycles. The Hall–Kier alpha value is -1.19. The van der Waals surface area contributed by atoms with Gasteiger partial charge in [0.2, 0.25) is 5.89 Å². The van der Waals surface area contributed by atoms with Crippen LogP contribution in [-0.2, 0) is 17.6 Å². The Balaban J connectivity index is 1.94. The lowest BCUT2D eigenvalue weighted by Gasteiger charge is -2.14. The van der Waals surface area contributed by atoms with Crippen LogP contribution >= 0.6 is 0 Å². The maximum atomic E-state index is 11.8. The molecule has 0 aliphatic heterocycles. The van der Waals surface area contributed by atoms with Crippen molar-refractivity contribution in [1.82, 2.24) is 10.1 Å². The Labute approximate surface area is 95.4 Å². The Morgan fingerprint density at radius 1 is 1.44 bits per heavy atom. The molecule has 1 saturated carbocycles. The molecule has 4 nitrogen and oxygen atoms in total. The second kappa shape index (κ2) is 4.00. The Kier molecular flexibility index (Phi) is 2.82. The van der Waals surface area contributed by atoms with E-state index in [0.717, 1.165) is 18.2 Å². The van der Waals surface area contributed by atoms with Crippen molar-refractivity contribution in [2.75, 3.05) is 0 Å². The topological polar surface area (TPSA) is 56.0 Å². The molecule has 0 atom stereocenters. The van der Waals surface area contributed by atoms with Gasteiger partial charge in [-0.1, -0.05) is 25.9 Å². The van der Waals surface area contributed by atoms with Gasteiger partial charge in [-0.3, -0.25) is 4.79 Å². The molecule has 1 heterocycles. The standard InChI is InChI=1S/C12H18N2O2/c1-12(2,3)9(15)7-11-13-10(14-16-11)6-8-4-5-8/h8H,4-7H2,1-3H3. The van der Waals surface area contributed by atoms with E-state index in [-0.39, 0.29) is 17.6 Å². The molecule has 0 N–H and O–H groups in total. The third-order valence-corrected chi connectivity index (χ3v) is 2.83. The number of carbonyl (C=O) groups is 1. The summed E-state index contributed by atoms with van der Waals surface area (Å²) in [6.45, 7) is 5.70. The largest absolute Gasteiger partial charge is 0.339 e. The summed E-state index contributed by atoms with van der Waals surface area (Å²) in [7, 11) is 0. The van der Waals surface area contributed by atoms with Crippen LogP contribution in [0.1, 0.15) is 45.3 Å². The van der Waals surface area contributed by atoms with Gasteiger partial charge in [-0.2, -0.15) is 4.98 Å². The molecule has 0 bridgehead atoms. The van der Waals surface area contributed by atoms with Gasteiger partial charge in [0.05, 0.1) is 6.42 Å². The molecule has 1 aromatic heterocycles. The van der Waals surface area contributed by atoms with Crippen LogP contribution in [0, 0.1) is 11.3 Å². The molecule has 1 aromatic rings. The molecule has 4 heteroatoms. The van der Waals surface area contributed by atoms with Crippen LogP contribution in [0.4, 0.5) is 0 Å². The minimum absolute atomic E-state index is 0.133. The second-order valence-corrected chi connectivity index (χ2v) is 5.60. The molecule has 0 unspecified atom stereocenters. The molecule has 16 heavy (non-hydrogen) atoms. The van der Waals surface area contributed by atoms with Gasteiger partial charge >= 0.3 is 0 Å². The normalized spacial score (nSPS) is 16.4. The lowest BCUT2D eigenvalue weighted by molar-refractivity contribution is -0.125. The van der Waals surface area contributed by atoms with Crippen LogP contribution in [0.25, 0.3) is 0 Å². The number of nitrogens with zero attached hydrogens (tertiary/aromatic N) is 2. The summed E-state index contributed by atoms with van der Waals surface area (Å²) < 4.78 is 5.08. The third kappa shape index (κ3) is 2.90. The Morgan fingerprint density at radius 2 is 2.12 bits per heavy atom. The Morgan fingerprint density at radius 3 is 2.69 bits per heavy atom. The first-order valence-corrected chi connectivity index (χ1v) is 5.80. The smallest absolute Gasteiger partial charge is 0.234 e. The first-order valence-electron chi connectivity index (χ1n) is 5.80. The molecule has 1 fully saturated rings. The van der Waals surface area contributed by atoms with E-state index >= 15 is 0 Å². The van der Waals surface area contributed by atoms with Crippen LogP contribution in [0.3, 0.4) is 0 Å². The minimum Gasteiger partial charge on any atom is -0.339 e. The number of hydrogen-bond donors (Lipinski definition) is 0. The number of rotatable bonds is 4. The SMILES string of the molecule is CC(C)(C)C(=O)Cc1nc(CC2CC2)no1. The zero-order valence-corrected chi connectivity index (χ0v) is 10.1. The van der Waals surface area contributed by atoms with Crippen molar-refractivity contribution in [1.29, 1.82) is 0 Å². The van der Waals surface area contributed by atoms with E-state index in [4.69, 9.17) is 4.52 Å². The van der Waals surface area contributed by atoms with E-state index in [9.17, 15) is 4.79 Å². The van der Waals surface area contributed by atoms with Crippen LogP contribution in [-0.4, -0.2) is 15.9 Å². The van der Waals surface area contributed by atoms with Crippen LogP contribution < -0.4 is 0 Å². The second-order valence-electron chi connectivity index (χ2n) is 5.60. The summed E-state index contributed by atoms with van der Waals surface area (Å²) in [5.74, 6) is 2.08. The highest BCUT2D eigenvalue weighted by Gasteiger charge is 2.26. The Bertz CT molecular complexity index is 386. The van der Waals surface area contributed by atoms with Gasteiger partial charge in [0.1, 0.15) is 5.78 Å². The summed E-state index contributed by atoms with van der Waals surface area (Å²) in [5, 5.41) is 3.89. The van der Waals surface area contributed by atoms with Crippen molar-refractivity contribution in [3.8, 4) is 0 Å². The number of Topliss-reactive ketones (excluding diaryl/α,β-unsaturated/α-hetero) is 1. The number of hydrogen-bond acceptors (Lipinski definition) is 4. The minimum atomic E-state index is -0.342. The first kappa shape index (κ1) is 11.3. The summed E-state index contributed by atoms with van der Waals surface area (Å²) >= 11 is 0. The van der Waals surface area contributed by atoms with E-state index in [2.05, 4.69) is 10.1 Å². The van der Waals surface area contributed by atoms with E-state index in [1.807, 2.05) is 20.8 Å². The van der Waals surface area contributed by atoms with Crippen molar-refractivity contribution in [2.24, 2.45) is 11.3 Å². The predicted molar refractivity (Wildman–Crippen MR) is 58.9 cm³/mol. The lowest BCUT2D eigenvalue weighted by atomic mass is 9.89. The summed E-state index contributed by atoms with van der Waals surface area (Å²) in [6, 6.07) is 0. The monoisotopic (exact) mass is 222 g/mol. The van der Waals surface area contributed by atoms with Crippen molar-refractivity contribution >= 4 is 5.78 Å². The molecule has 88 valence electrons. The molecular formula is C12H18N2O2. The first-order chi connectivity index (χ1) is 7.45. The molecule has 0 radical (unpaired) electrons. The van der Waals surface area contributed by atoms with Gasteiger partial charge in [0, 0.05) is 11.8 Å². The molecule has 1 aliphatic rings. The van der Waals surface area contributed by atoms with E-state index in [1.54, 1.807) is 0 Å². The summed E-state index contributed by atoms with van der Waals surface area (Å²) in [5.41, 5.74) is -0.342. The van der Waals surface area contributed by atoms with E-state index in [1.165, 1.54) is 12.8 Å². The number of aromatic nitrogens is 2. The van der Waals surface area contributed by atoms with Crippen molar-refractivity contribution in [3.05, 3.63) is 11.7 Å².